The number of nitrogens with zero attached hydrogens (tertiary/aromatic N) is 5. The standard InChI is InChI=1S/C26H27F3N6O2/c1-14(2)35-13-30-33-23(35)21-5-4-6-22(31-21)32-24(36)19-10-16(15(3)9-20(19)27)17-11-18(17)25(37)34-8-7-26(28,29)12-34/h4-6,9-10,13-14,17-18H,7-8,11-12H2,1-3H3,(H,31,32,36). The molecular weight excluding hydrogens is 485 g/mol. The maximum atomic E-state index is 14.8. The van der Waals surface area contributed by atoms with Crippen LogP contribution in [0.15, 0.2) is 36.7 Å². The van der Waals surface area contributed by atoms with E-state index in [1.54, 1.807) is 31.5 Å². The number of rotatable bonds is 6. The number of hydrogen-bond donors (Lipinski definition) is 1. The van der Waals surface area contributed by atoms with Crippen molar-refractivity contribution in [1.29, 1.82) is 0 Å². The lowest BCUT2D eigenvalue weighted by Gasteiger charge is -2.16. The van der Waals surface area contributed by atoms with Crippen molar-refractivity contribution in [1.82, 2.24) is 24.6 Å². The third kappa shape index (κ3) is 4.94. The summed E-state index contributed by atoms with van der Waals surface area (Å²) in [5.41, 5.74) is 1.60. The van der Waals surface area contributed by atoms with Crippen molar-refractivity contribution in [3.8, 4) is 11.5 Å². The summed E-state index contributed by atoms with van der Waals surface area (Å²) in [5.74, 6) is -4.47. The summed E-state index contributed by atoms with van der Waals surface area (Å²) in [5, 5.41) is 10.7. The fourth-order valence-corrected chi connectivity index (χ4v) is 4.85. The lowest BCUT2D eigenvalue weighted by atomic mass is 9.98. The first-order valence-corrected chi connectivity index (χ1v) is 12.2. The van der Waals surface area contributed by atoms with E-state index < -0.39 is 30.1 Å². The fourth-order valence-electron chi connectivity index (χ4n) is 4.85. The second-order valence-corrected chi connectivity index (χ2v) is 10.0. The Morgan fingerprint density at radius 2 is 2.00 bits per heavy atom. The van der Waals surface area contributed by atoms with Gasteiger partial charge in [0.05, 0.1) is 12.1 Å². The van der Waals surface area contributed by atoms with E-state index in [2.05, 4.69) is 20.5 Å². The molecular formula is C26H27F3N6O2. The zero-order valence-electron chi connectivity index (χ0n) is 20.7. The van der Waals surface area contributed by atoms with Crippen LogP contribution in [0.25, 0.3) is 11.5 Å². The topological polar surface area (TPSA) is 93.0 Å². The molecule has 2 aromatic heterocycles. The van der Waals surface area contributed by atoms with E-state index in [1.807, 2.05) is 18.4 Å². The minimum atomic E-state index is -2.85. The molecule has 8 nitrogen and oxygen atoms in total. The number of hydrogen-bond acceptors (Lipinski definition) is 5. The molecule has 1 aromatic carbocycles. The van der Waals surface area contributed by atoms with Crippen LogP contribution in [0.3, 0.4) is 0 Å². The fraction of sp³-hybridized carbons (Fsp3) is 0.423. The van der Waals surface area contributed by atoms with Crippen molar-refractivity contribution in [3.63, 3.8) is 0 Å². The van der Waals surface area contributed by atoms with Crippen LogP contribution in [-0.4, -0.2) is 55.5 Å². The summed E-state index contributed by atoms with van der Waals surface area (Å²) in [6.45, 7) is 5.14. The Kier molecular flexibility index (Phi) is 6.25. The van der Waals surface area contributed by atoms with Crippen molar-refractivity contribution < 1.29 is 22.8 Å². The number of aryl methyl sites for hydroxylation is 1. The number of carbonyl (C=O) groups excluding carboxylic acids is 2. The van der Waals surface area contributed by atoms with Gasteiger partial charge in [-0.3, -0.25) is 9.59 Å². The Balaban J connectivity index is 1.33. The number of amides is 2. The molecule has 0 spiro atoms. The molecule has 1 aliphatic heterocycles. The lowest BCUT2D eigenvalue weighted by molar-refractivity contribution is -0.133. The van der Waals surface area contributed by atoms with Crippen LogP contribution in [0.5, 0.6) is 0 Å². The van der Waals surface area contributed by atoms with Crippen molar-refractivity contribution in [2.24, 2.45) is 5.92 Å². The van der Waals surface area contributed by atoms with E-state index in [0.717, 1.165) is 0 Å². The van der Waals surface area contributed by atoms with Gasteiger partial charge in [-0.1, -0.05) is 6.07 Å². The molecule has 194 valence electrons. The third-order valence-electron chi connectivity index (χ3n) is 6.94. The predicted octanol–water partition coefficient (Wildman–Crippen LogP) is 4.59. The quantitative estimate of drug-likeness (QED) is 0.522. The minimum absolute atomic E-state index is 0.0324. The Labute approximate surface area is 211 Å². The number of alkyl halides is 2. The highest BCUT2D eigenvalue weighted by Gasteiger charge is 2.50. The summed E-state index contributed by atoms with van der Waals surface area (Å²) >= 11 is 0. The van der Waals surface area contributed by atoms with Crippen LogP contribution in [0.4, 0.5) is 19.0 Å². The average molecular weight is 513 g/mol. The molecule has 2 unspecified atom stereocenters. The van der Waals surface area contributed by atoms with Crippen molar-refractivity contribution in [2.75, 3.05) is 18.4 Å². The van der Waals surface area contributed by atoms with Crippen molar-refractivity contribution in [2.45, 2.75) is 51.5 Å². The first kappa shape index (κ1) is 24.9. The predicted molar refractivity (Wildman–Crippen MR) is 130 cm³/mol. The molecule has 2 fully saturated rings. The summed E-state index contributed by atoms with van der Waals surface area (Å²) in [4.78, 5) is 31.4. The van der Waals surface area contributed by atoms with Gasteiger partial charge in [-0.15, -0.1) is 10.2 Å². The highest BCUT2D eigenvalue weighted by atomic mass is 19.3. The summed E-state index contributed by atoms with van der Waals surface area (Å²) in [6.07, 6.45) is 1.75. The number of halogens is 3. The third-order valence-corrected chi connectivity index (χ3v) is 6.94. The second-order valence-electron chi connectivity index (χ2n) is 10.0. The number of carbonyl (C=O) groups is 2. The van der Waals surface area contributed by atoms with Gasteiger partial charge in [0.2, 0.25) is 5.91 Å². The normalized spacial score (nSPS) is 20.4. The van der Waals surface area contributed by atoms with Gasteiger partial charge in [0, 0.05) is 24.9 Å². The molecule has 37 heavy (non-hydrogen) atoms. The lowest BCUT2D eigenvalue weighted by Crippen LogP contribution is -2.32. The van der Waals surface area contributed by atoms with E-state index in [4.69, 9.17) is 0 Å². The zero-order valence-corrected chi connectivity index (χ0v) is 20.7. The van der Waals surface area contributed by atoms with E-state index in [-0.39, 0.29) is 42.2 Å². The highest BCUT2D eigenvalue weighted by molar-refractivity contribution is 6.04. The Morgan fingerprint density at radius 3 is 2.70 bits per heavy atom. The molecule has 0 bridgehead atoms. The molecule has 11 heteroatoms. The molecule has 3 heterocycles. The van der Waals surface area contributed by atoms with Crippen LogP contribution in [0.1, 0.15) is 60.1 Å². The van der Waals surface area contributed by atoms with Gasteiger partial charge in [0.25, 0.3) is 11.8 Å². The maximum Gasteiger partial charge on any atom is 0.267 e. The zero-order chi connectivity index (χ0) is 26.5. The Morgan fingerprint density at radius 1 is 1.22 bits per heavy atom. The number of anilines is 1. The first-order valence-electron chi connectivity index (χ1n) is 12.2. The number of likely N-dealkylation sites (tertiary alicyclic amines) is 1. The van der Waals surface area contributed by atoms with Crippen LogP contribution in [-0.2, 0) is 4.79 Å². The monoisotopic (exact) mass is 512 g/mol. The SMILES string of the molecule is Cc1cc(F)c(C(=O)Nc2cccc(-c3nncn3C(C)C)n2)cc1C1CC1C(=O)N1CCC(F)(F)C1. The molecule has 5 rings (SSSR count). The molecule has 1 saturated carbocycles. The van der Waals surface area contributed by atoms with Gasteiger partial charge in [0.1, 0.15) is 23.7 Å². The number of nitrogens with one attached hydrogen (secondary N) is 1. The van der Waals surface area contributed by atoms with E-state index in [9.17, 15) is 22.8 Å². The van der Waals surface area contributed by atoms with Crippen LogP contribution in [0.2, 0.25) is 0 Å². The van der Waals surface area contributed by atoms with Gasteiger partial charge in [-0.25, -0.2) is 18.2 Å². The molecule has 2 amide bonds. The number of aromatic nitrogens is 4. The molecule has 1 aliphatic carbocycles. The summed E-state index contributed by atoms with van der Waals surface area (Å²) in [7, 11) is 0. The summed E-state index contributed by atoms with van der Waals surface area (Å²) < 4.78 is 43.8. The van der Waals surface area contributed by atoms with E-state index in [1.165, 1.54) is 17.0 Å². The van der Waals surface area contributed by atoms with Crippen molar-refractivity contribution in [3.05, 3.63) is 59.2 Å². The Hall–Kier alpha value is -3.76. The van der Waals surface area contributed by atoms with Gasteiger partial charge < -0.3 is 14.8 Å². The molecule has 2 aliphatic rings. The van der Waals surface area contributed by atoms with Gasteiger partial charge >= 0.3 is 0 Å². The summed E-state index contributed by atoms with van der Waals surface area (Å²) in [6, 6.07) is 7.86. The number of pyridine rings is 1. The second kappa shape index (κ2) is 9.28. The van der Waals surface area contributed by atoms with Crippen molar-refractivity contribution >= 4 is 17.6 Å². The van der Waals surface area contributed by atoms with Gasteiger partial charge in [-0.05, 0) is 68.5 Å². The van der Waals surface area contributed by atoms with E-state index in [0.29, 0.717) is 29.1 Å². The Bertz CT molecular complexity index is 1370. The van der Waals surface area contributed by atoms with Gasteiger partial charge in [-0.2, -0.15) is 0 Å². The first-order chi connectivity index (χ1) is 17.5. The molecule has 2 atom stereocenters. The molecule has 3 aromatic rings. The van der Waals surface area contributed by atoms with E-state index >= 15 is 0 Å². The van der Waals surface area contributed by atoms with Crippen LogP contribution >= 0.6 is 0 Å². The highest BCUT2D eigenvalue weighted by Crippen LogP contribution is 2.50. The molecule has 1 N–H and O–H groups in total. The van der Waals surface area contributed by atoms with Crippen LogP contribution < -0.4 is 5.32 Å². The van der Waals surface area contributed by atoms with Gasteiger partial charge in [0.15, 0.2) is 5.82 Å². The average Bonchev–Trinajstić information content (AvgIpc) is 3.29. The molecule has 0 radical (unpaired) electrons. The van der Waals surface area contributed by atoms with Crippen LogP contribution in [0, 0.1) is 18.7 Å². The smallest absolute Gasteiger partial charge is 0.267 e. The minimum Gasteiger partial charge on any atom is -0.336 e. The number of benzene rings is 1. The largest absolute Gasteiger partial charge is 0.336 e. The maximum absolute atomic E-state index is 14.8. The molecule has 1 saturated heterocycles.